The number of aromatic nitrogens is 7. The molecule has 0 saturated carbocycles. The van der Waals surface area contributed by atoms with Gasteiger partial charge in [0.2, 0.25) is 5.95 Å². The lowest BCUT2D eigenvalue weighted by Gasteiger charge is -2.33. The van der Waals surface area contributed by atoms with Crippen LogP contribution >= 0.6 is 0 Å². The first-order chi connectivity index (χ1) is 17.0. The third-order valence-corrected chi connectivity index (χ3v) is 6.15. The van der Waals surface area contributed by atoms with Crippen LogP contribution in [0.3, 0.4) is 0 Å². The average Bonchev–Trinajstić information content (AvgIpc) is 3.49. The topological polar surface area (TPSA) is 103 Å². The van der Waals surface area contributed by atoms with Crippen molar-refractivity contribution in [1.29, 1.82) is 0 Å². The van der Waals surface area contributed by atoms with Crippen molar-refractivity contribution < 1.29 is 8.78 Å². The van der Waals surface area contributed by atoms with E-state index in [1.807, 2.05) is 12.1 Å². The summed E-state index contributed by atoms with van der Waals surface area (Å²) in [6.45, 7) is 3.95. The van der Waals surface area contributed by atoms with E-state index in [1.165, 1.54) is 0 Å². The van der Waals surface area contributed by atoms with Crippen molar-refractivity contribution in [3.63, 3.8) is 0 Å². The predicted molar refractivity (Wildman–Crippen MR) is 128 cm³/mol. The van der Waals surface area contributed by atoms with E-state index < -0.39 is 6.43 Å². The molecule has 12 heteroatoms. The molecule has 178 valence electrons. The standard InChI is InChI=1S/C23H22F2N10/c1-33-6-8-34(9-7-33)19-4-2-14(10-26-19)30-23-29-12-16-15(11-28-22(16)31-23)17-3-5-20-27-13-18(21(24)25)35(20)32-17/h2-5,10-13,21H,6-9H2,1H3,(H2,28,29,30,31). The Labute approximate surface area is 198 Å². The monoisotopic (exact) mass is 476 g/mol. The van der Waals surface area contributed by atoms with Crippen LogP contribution in [0, 0.1) is 0 Å². The summed E-state index contributed by atoms with van der Waals surface area (Å²) in [5.41, 5.74) is 2.70. The summed E-state index contributed by atoms with van der Waals surface area (Å²) >= 11 is 0. The zero-order chi connectivity index (χ0) is 23.9. The molecule has 6 rings (SSSR count). The molecule has 0 unspecified atom stereocenters. The van der Waals surface area contributed by atoms with Gasteiger partial charge in [-0.05, 0) is 31.3 Å². The van der Waals surface area contributed by atoms with E-state index in [0.29, 0.717) is 28.5 Å². The van der Waals surface area contributed by atoms with E-state index in [9.17, 15) is 8.78 Å². The van der Waals surface area contributed by atoms with Crippen molar-refractivity contribution in [2.45, 2.75) is 6.43 Å². The molecule has 1 saturated heterocycles. The lowest BCUT2D eigenvalue weighted by Crippen LogP contribution is -2.44. The van der Waals surface area contributed by atoms with Crippen LogP contribution in [-0.4, -0.2) is 72.7 Å². The third-order valence-electron chi connectivity index (χ3n) is 6.15. The molecule has 0 atom stereocenters. The summed E-state index contributed by atoms with van der Waals surface area (Å²) in [6.07, 6.45) is 3.66. The molecule has 0 amide bonds. The maximum absolute atomic E-state index is 13.3. The van der Waals surface area contributed by atoms with Crippen LogP contribution in [0.1, 0.15) is 12.1 Å². The Morgan fingerprint density at radius 2 is 1.83 bits per heavy atom. The fourth-order valence-corrected chi connectivity index (χ4v) is 4.17. The Hall–Kier alpha value is -4.19. The Kier molecular flexibility index (Phi) is 5.21. The molecule has 6 heterocycles. The normalized spacial score (nSPS) is 14.9. The number of aromatic amines is 1. The maximum Gasteiger partial charge on any atom is 0.282 e. The van der Waals surface area contributed by atoms with E-state index in [1.54, 1.807) is 30.7 Å². The largest absolute Gasteiger partial charge is 0.354 e. The van der Waals surface area contributed by atoms with Gasteiger partial charge in [0.25, 0.3) is 6.43 Å². The molecule has 1 fully saturated rings. The number of halogens is 2. The molecule has 35 heavy (non-hydrogen) atoms. The molecule has 0 spiro atoms. The number of nitrogens with one attached hydrogen (secondary N) is 2. The number of likely N-dealkylation sites (N-methyl/N-ethyl adjacent to an activating group) is 1. The second-order valence-electron chi connectivity index (χ2n) is 8.45. The summed E-state index contributed by atoms with van der Waals surface area (Å²) < 4.78 is 27.7. The highest BCUT2D eigenvalue weighted by atomic mass is 19.3. The van der Waals surface area contributed by atoms with Gasteiger partial charge in [-0.2, -0.15) is 10.1 Å². The molecule has 1 aliphatic rings. The average molecular weight is 476 g/mol. The molecule has 0 radical (unpaired) electrons. The first-order valence-corrected chi connectivity index (χ1v) is 11.2. The highest BCUT2D eigenvalue weighted by Gasteiger charge is 2.17. The van der Waals surface area contributed by atoms with Gasteiger partial charge in [-0.25, -0.2) is 28.2 Å². The molecule has 10 nitrogen and oxygen atoms in total. The summed E-state index contributed by atoms with van der Waals surface area (Å²) in [5.74, 6) is 1.37. The quantitative estimate of drug-likeness (QED) is 0.397. The molecular weight excluding hydrogens is 454 g/mol. The van der Waals surface area contributed by atoms with Gasteiger partial charge in [-0.1, -0.05) is 0 Å². The molecule has 5 aromatic heterocycles. The number of pyridine rings is 1. The summed E-state index contributed by atoms with van der Waals surface area (Å²) in [4.78, 5) is 25.2. The van der Waals surface area contributed by atoms with Crippen LogP contribution in [0.2, 0.25) is 0 Å². The van der Waals surface area contributed by atoms with Crippen molar-refractivity contribution in [3.05, 3.63) is 54.7 Å². The minimum atomic E-state index is -2.67. The van der Waals surface area contributed by atoms with Crippen LogP contribution in [0.25, 0.3) is 27.9 Å². The summed E-state index contributed by atoms with van der Waals surface area (Å²) in [7, 11) is 2.12. The van der Waals surface area contributed by atoms with Crippen molar-refractivity contribution in [2.24, 2.45) is 0 Å². The van der Waals surface area contributed by atoms with Crippen LogP contribution in [-0.2, 0) is 0 Å². The molecule has 2 N–H and O–H groups in total. The molecule has 0 aliphatic carbocycles. The van der Waals surface area contributed by atoms with E-state index in [-0.39, 0.29) is 5.69 Å². The van der Waals surface area contributed by atoms with Gasteiger partial charge in [-0.3, -0.25) is 0 Å². The van der Waals surface area contributed by atoms with Crippen LogP contribution in [0.5, 0.6) is 0 Å². The SMILES string of the molecule is CN1CCN(c2ccc(Nc3ncc4c(-c5ccc6ncc(C(F)F)n6n5)c[nH]c4n3)cn2)CC1. The third kappa shape index (κ3) is 4.01. The Morgan fingerprint density at radius 1 is 0.971 bits per heavy atom. The van der Waals surface area contributed by atoms with Gasteiger partial charge in [0, 0.05) is 49.5 Å². The number of alkyl halides is 2. The van der Waals surface area contributed by atoms with Crippen LogP contribution in [0.4, 0.5) is 26.2 Å². The smallest absolute Gasteiger partial charge is 0.282 e. The van der Waals surface area contributed by atoms with Crippen molar-refractivity contribution in [1.82, 2.24) is 39.4 Å². The van der Waals surface area contributed by atoms with Crippen LogP contribution in [0.15, 0.2) is 49.1 Å². The predicted octanol–water partition coefficient (Wildman–Crippen LogP) is 3.50. The Bertz CT molecular complexity index is 1490. The number of hydrogen-bond donors (Lipinski definition) is 2. The van der Waals surface area contributed by atoms with E-state index in [0.717, 1.165) is 53.8 Å². The van der Waals surface area contributed by atoms with Crippen molar-refractivity contribution >= 4 is 34.1 Å². The fourth-order valence-electron chi connectivity index (χ4n) is 4.17. The Morgan fingerprint density at radius 3 is 2.60 bits per heavy atom. The number of imidazole rings is 1. The fraction of sp³-hybridized carbons (Fsp3) is 0.261. The van der Waals surface area contributed by atoms with E-state index >= 15 is 0 Å². The van der Waals surface area contributed by atoms with Gasteiger partial charge in [0.1, 0.15) is 17.2 Å². The van der Waals surface area contributed by atoms with Crippen LogP contribution < -0.4 is 10.2 Å². The van der Waals surface area contributed by atoms with Gasteiger partial charge in [0.05, 0.1) is 23.8 Å². The van der Waals surface area contributed by atoms with Gasteiger partial charge < -0.3 is 20.1 Å². The first kappa shape index (κ1) is 21.4. The second-order valence-corrected chi connectivity index (χ2v) is 8.45. The minimum absolute atomic E-state index is 0.253. The summed E-state index contributed by atoms with van der Waals surface area (Å²) in [6, 6.07) is 7.34. The van der Waals surface area contributed by atoms with Gasteiger partial charge in [0.15, 0.2) is 5.65 Å². The molecular formula is C23H22F2N10. The molecule has 1 aliphatic heterocycles. The summed E-state index contributed by atoms with van der Waals surface area (Å²) in [5, 5.41) is 8.26. The van der Waals surface area contributed by atoms with E-state index in [2.05, 4.69) is 52.2 Å². The molecule has 5 aromatic rings. The number of hydrogen-bond acceptors (Lipinski definition) is 8. The van der Waals surface area contributed by atoms with Crippen molar-refractivity contribution in [2.75, 3.05) is 43.4 Å². The lowest BCUT2D eigenvalue weighted by molar-refractivity contribution is 0.143. The number of anilines is 3. The number of rotatable bonds is 5. The zero-order valence-corrected chi connectivity index (χ0v) is 18.9. The highest BCUT2D eigenvalue weighted by Crippen LogP contribution is 2.28. The minimum Gasteiger partial charge on any atom is -0.354 e. The Balaban J connectivity index is 1.23. The molecule has 0 bridgehead atoms. The number of H-pyrrole nitrogens is 1. The highest BCUT2D eigenvalue weighted by molar-refractivity contribution is 5.92. The second kappa shape index (κ2) is 8.55. The zero-order valence-electron chi connectivity index (χ0n) is 18.9. The van der Waals surface area contributed by atoms with Crippen molar-refractivity contribution in [3.8, 4) is 11.3 Å². The number of fused-ring (bicyclic) bond motifs is 2. The van der Waals surface area contributed by atoms with E-state index in [4.69, 9.17) is 0 Å². The maximum atomic E-state index is 13.3. The van der Waals surface area contributed by atoms with Gasteiger partial charge >= 0.3 is 0 Å². The first-order valence-electron chi connectivity index (χ1n) is 11.2. The molecule has 0 aromatic carbocycles. The number of nitrogens with zero attached hydrogens (tertiary/aromatic N) is 8. The number of piperazine rings is 1. The van der Waals surface area contributed by atoms with Gasteiger partial charge in [-0.15, -0.1) is 0 Å². The lowest BCUT2D eigenvalue weighted by atomic mass is 10.2.